The summed E-state index contributed by atoms with van der Waals surface area (Å²) in [6, 6.07) is 8.13. The van der Waals surface area contributed by atoms with Crippen molar-refractivity contribution >= 4 is 5.91 Å². The smallest absolute Gasteiger partial charge is 0.222 e. The summed E-state index contributed by atoms with van der Waals surface area (Å²) in [5.41, 5.74) is 0.701. The monoisotopic (exact) mass is 236 g/mol. The standard InChI is InChI=1S/C13H18NO3/c1-14(2)13(16)7-4-8-17-12-6-3-5-11(9-12)10-15/h3,6,9,15H,4,7-8,10H2,1-2H3. The van der Waals surface area contributed by atoms with Gasteiger partial charge in [-0.3, -0.25) is 4.79 Å². The molecule has 0 atom stereocenters. The minimum atomic E-state index is -0.0453. The van der Waals surface area contributed by atoms with Crippen LogP contribution in [-0.4, -0.2) is 36.6 Å². The molecule has 0 aromatic heterocycles. The maximum Gasteiger partial charge on any atom is 0.222 e. The Labute approximate surface area is 102 Å². The summed E-state index contributed by atoms with van der Waals surface area (Å²) in [6.07, 6.45) is 1.17. The molecule has 4 heteroatoms. The lowest BCUT2D eigenvalue weighted by Gasteiger charge is -2.10. The number of ether oxygens (including phenoxy) is 1. The average molecular weight is 236 g/mol. The number of aliphatic hydroxyl groups is 1. The van der Waals surface area contributed by atoms with Crippen LogP contribution in [0, 0.1) is 6.07 Å². The number of hydrogen-bond acceptors (Lipinski definition) is 3. The van der Waals surface area contributed by atoms with Gasteiger partial charge in [0.15, 0.2) is 0 Å². The van der Waals surface area contributed by atoms with E-state index in [9.17, 15) is 4.79 Å². The van der Waals surface area contributed by atoms with Crippen molar-refractivity contribution in [3.8, 4) is 5.75 Å². The Morgan fingerprint density at radius 3 is 2.94 bits per heavy atom. The highest BCUT2D eigenvalue weighted by molar-refractivity contribution is 5.75. The molecule has 1 N–H and O–H groups in total. The van der Waals surface area contributed by atoms with Crippen molar-refractivity contribution in [3.63, 3.8) is 0 Å². The average Bonchev–Trinajstić information content (AvgIpc) is 2.34. The van der Waals surface area contributed by atoms with Crippen LogP contribution in [-0.2, 0) is 11.4 Å². The van der Waals surface area contributed by atoms with E-state index in [2.05, 4.69) is 6.07 Å². The molecular formula is C13H18NO3. The van der Waals surface area contributed by atoms with Crippen LogP contribution < -0.4 is 4.74 Å². The molecule has 1 radical (unpaired) electrons. The first-order valence-electron chi connectivity index (χ1n) is 5.58. The number of rotatable bonds is 6. The Balaban J connectivity index is 2.28. The van der Waals surface area contributed by atoms with Crippen molar-refractivity contribution < 1.29 is 14.6 Å². The third-order valence-corrected chi connectivity index (χ3v) is 2.31. The minimum absolute atomic E-state index is 0.0453. The molecule has 0 saturated carbocycles. The molecule has 1 aromatic carbocycles. The summed E-state index contributed by atoms with van der Waals surface area (Å²) in [7, 11) is 3.48. The summed E-state index contributed by atoms with van der Waals surface area (Å²) >= 11 is 0. The van der Waals surface area contributed by atoms with Crippen LogP contribution in [0.15, 0.2) is 18.2 Å². The van der Waals surface area contributed by atoms with E-state index in [1.54, 1.807) is 37.2 Å². The minimum Gasteiger partial charge on any atom is -0.494 e. The third kappa shape index (κ3) is 4.87. The van der Waals surface area contributed by atoms with Gasteiger partial charge in [0.1, 0.15) is 5.75 Å². The van der Waals surface area contributed by atoms with Gasteiger partial charge in [-0.2, -0.15) is 0 Å². The van der Waals surface area contributed by atoms with Crippen molar-refractivity contribution in [3.05, 3.63) is 29.8 Å². The van der Waals surface area contributed by atoms with Gasteiger partial charge < -0.3 is 14.7 Å². The Bertz CT molecular complexity index is 363. The molecule has 0 aliphatic carbocycles. The molecule has 0 bridgehead atoms. The second-order valence-electron chi connectivity index (χ2n) is 3.95. The maximum absolute atomic E-state index is 11.3. The fourth-order valence-corrected chi connectivity index (χ4v) is 1.31. The summed E-state index contributed by atoms with van der Waals surface area (Å²) in [6.45, 7) is 0.449. The molecule has 1 rings (SSSR count). The van der Waals surface area contributed by atoms with E-state index in [0.717, 1.165) is 0 Å². The number of aliphatic hydroxyl groups excluding tert-OH is 1. The highest BCUT2D eigenvalue weighted by Gasteiger charge is 2.03. The van der Waals surface area contributed by atoms with E-state index in [4.69, 9.17) is 9.84 Å². The molecule has 1 amide bonds. The number of amides is 1. The molecule has 0 aliphatic heterocycles. The fraction of sp³-hybridized carbons (Fsp3) is 0.462. The van der Waals surface area contributed by atoms with Gasteiger partial charge in [0.25, 0.3) is 0 Å². The Morgan fingerprint density at radius 1 is 1.53 bits per heavy atom. The predicted octanol–water partition coefficient (Wildman–Crippen LogP) is 1.23. The zero-order chi connectivity index (χ0) is 12.7. The van der Waals surface area contributed by atoms with Crippen molar-refractivity contribution in [2.45, 2.75) is 19.4 Å². The van der Waals surface area contributed by atoms with Gasteiger partial charge in [-0.25, -0.2) is 0 Å². The predicted molar refractivity (Wildman–Crippen MR) is 64.6 cm³/mol. The van der Waals surface area contributed by atoms with Crippen molar-refractivity contribution in [1.29, 1.82) is 0 Å². The number of carbonyl (C=O) groups is 1. The van der Waals surface area contributed by atoms with Gasteiger partial charge in [0.05, 0.1) is 13.2 Å². The van der Waals surface area contributed by atoms with E-state index in [-0.39, 0.29) is 12.5 Å². The van der Waals surface area contributed by atoms with E-state index in [0.29, 0.717) is 30.8 Å². The van der Waals surface area contributed by atoms with Crippen LogP contribution >= 0.6 is 0 Å². The summed E-state index contributed by atoms with van der Waals surface area (Å²) in [5.74, 6) is 0.802. The highest BCUT2D eigenvalue weighted by atomic mass is 16.5. The topological polar surface area (TPSA) is 49.8 Å². The largest absolute Gasteiger partial charge is 0.494 e. The first-order chi connectivity index (χ1) is 8.13. The van der Waals surface area contributed by atoms with Gasteiger partial charge in [0.2, 0.25) is 5.91 Å². The number of hydrogen-bond donors (Lipinski definition) is 1. The Kier molecular flexibility index (Phi) is 5.49. The number of carbonyl (C=O) groups excluding carboxylic acids is 1. The molecule has 0 fully saturated rings. The molecule has 93 valence electrons. The molecular weight excluding hydrogens is 218 g/mol. The van der Waals surface area contributed by atoms with Crippen molar-refractivity contribution in [1.82, 2.24) is 4.90 Å². The van der Waals surface area contributed by atoms with Crippen LogP contribution in [0.1, 0.15) is 18.4 Å². The zero-order valence-electron chi connectivity index (χ0n) is 10.3. The van der Waals surface area contributed by atoms with E-state index in [1.807, 2.05) is 0 Å². The van der Waals surface area contributed by atoms with Crippen LogP contribution in [0.25, 0.3) is 0 Å². The molecule has 0 saturated heterocycles. The lowest BCUT2D eigenvalue weighted by atomic mass is 10.2. The quantitative estimate of drug-likeness (QED) is 0.756. The first kappa shape index (κ1) is 13.5. The second kappa shape index (κ2) is 6.91. The van der Waals surface area contributed by atoms with Crippen molar-refractivity contribution in [2.24, 2.45) is 0 Å². The van der Waals surface area contributed by atoms with Crippen LogP contribution in [0.5, 0.6) is 5.75 Å². The third-order valence-electron chi connectivity index (χ3n) is 2.31. The molecule has 0 unspecified atom stereocenters. The van der Waals surface area contributed by atoms with Crippen LogP contribution in [0.2, 0.25) is 0 Å². The maximum atomic E-state index is 11.3. The van der Waals surface area contributed by atoms with Gasteiger partial charge in [0, 0.05) is 20.5 Å². The lowest BCUT2D eigenvalue weighted by Crippen LogP contribution is -2.21. The van der Waals surface area contributed by atoms with Gasteiger partial charge in [-0.15, -0.1) is 0 Å². The normalized spacial score (nSPS) is 10.1. The molecule has 0 heterocycles. The summed E-state index contributed by atoms with van der Waals surface area (Å²) in [4.78, 5) is 12.9. The second-order valence-corrected chi connectivity index (χ2v) is 3.95. The molecule has 1 aromatic rings. The van der Waals surface area contributed by atoms with Crippen molar-refractivity contribution in [2.75, 3.05) is 20.7 Å². The molecule has 17 heavy (non-hydrogen) atoms. The molecule has 0 aliphatic rings. The van der Waals surface area contributed by atoms with Gasteiger partial charge in [-0.05, 0) is 30.2 Å². The highest BCUT2D eigenvalue weighted by Crippen LogP contribution is 2.13. The lowest BCUT2D eigenvalue weighted by molar-refractivity contribution is -0.128. The zero-order valence-corrected chi connectivity index (χ0v) is 10.3. The fourth-order valence-electron chi connectivity index (χ4n) is 1.31. The van der Waals surface area contributed by atoms with Crippen LogP contribution in [0.3, 0.4) is 0 Å². The van der Waals surface area contributed by atoms with E-state index >= 15 is 0 Å². The molecule has 4 nitrogen and oxygen atoms in total. The number of benzene rings is 1. The van der Waals surface area contributed by atoms with E-state index in [1.165, 1.54) is 0 Å². The summed E-state index contributed by atoms with van der Waals surface area (Å²) < 4.78 is 5.48. The van der Waals surface area contributed by atoms with E-state index < -0.39 is 0 Å². The first-order valence-corrected chi connectivity index (χ1v) is 5.58. The number of nitrogens with zero attached hydrogens (tertiary/aromatic N) is 1. The Morgan fingerprint density at radius 2 is 2.29 bits per heavy atom. The van der Waals surface area contributed by atoms with Gasteiger partial charge in [-0.1, -0.05) is 6.07 Å². The van der Waals surface area contributed by atoms with Crippen LogP contribution in [0.4, 0.5) is 0 Å². The summed E-state index contributed by atoms with van der Waals surface area (Å²) in [5, 5.41) is 8.93. The SMILES string of the molecule is CN(C)C(=O)CCCOc1cc[c]c(CO)c1. The van der Waals surface area contributed by atoms with Gasteiger partial charge >= 0.3 is 0 Å². The molecule has 0 spiro atoms. The Hall–Kier alpha value is -1.55.